The number of hydrogen-bond donors (Lipinski definition) is 0. The molecule has 3 heterocycles. The van der Waals surface area contributed by atoms with Crippen LogP contribution in [0.2, 0.25) is 0 Å². The molecule has 2 aromatic carbocycles. The Morgan fingerprint density at radius 1 is 1.06 bits per heavy atom. The molecule has 0 N–H and O–H groups in total. The largest absolute Gasteiger partial charge is 0.376 e. The molecule has 1 atom stereocenters. The van der Waals surface area contributed by atoms with Crippen molar-refractivity contribution in [3.8, 4) is 22.9 Å². The summed E-state index contributed by atoms with van der Waals surface area (Å²) >= 11 is 0. The minimum atomic E-state index is -0.270. The van der Waals surface area contributed by atoms with Gasteiger partial charge in [-0.2, -0.15) is 5.10 Å². The van der Waals surface area contributed by atoms with E-state index in [2.05, 4.69) is 43.3 Å². The van der Waals surface area contributed by atoms with Crippen LogP contribution in [-0.4, -0.2) is 51.5 Å². The molecule has 1 saturated heterocycles. The summed E-state index contributed by atoms with van der Waals surface area (Å²) in [5.41, 5.74) is 3.64. The first kappa shape index (κ1) is 20.7. The van der Waals surface area contributed by atoms with Gasteiger partial charge in [0.2, 0.25) is 0 Å². The standard InChI is InChI=1S/C25H26FN5O/c1-30(2)15-17-5-7-18(8-6-17)24-28-25(31(29-24)16-21-4-3-13-32-21)23-11-9-19-14-20(26)10-12-22(19)27-23/h5-12,14,21H,3-4,13,15-16H2,1-2H3. The monoisotopic (exact) mass is 431 g/mol. The normalized spacial score (nSPS) is 16.3. The Hall–Kier alpha value is -3.16. The van der Waals surface area contributed by atoms with Gasteiger partial charge in [-0.15, -0.1) is 0 Å². The Kier molecular flexibility index (Phi) is 5.68. The number of hydrogen-bond acceptors (Lipinski definition) is 5. The first-order valence-electron chi connectivity index (χ1n) is 10.9. The molecule has 0 aliphatic carbocycles. The molecule has 6 nitrogen and oxygen atoms in total. The summed E-state index contributed by atoms with van der Waals surface area (Å²) in [6, 6.07) is 16.7. The number of nitrogens with zero attached hydrogens (tertiary/aromatic N) is 5. The highest BCUT2D eigenvalue weighted by atomic mass is 19.1. The van der Waals surface area contributed by atoms with Crippen molar-refractivity contribution < 1.29 is 9.13 Å². The van der Waals surface area contributed by atoms with Crippen molar-refractivity contribution in [3.05, 3.63) is 66.0 Å². The molecule has 4 aromatic rings. The topological polar surface area (TPSA) is 56.1 Å². The second-order valence-electron chi connectivity index (χ2n) is 8.54. The van der Waals surface area contributed by atoms with Gasteiger partial charge in [0.05, 0.1) is 18.2 Å². The van der Waals surface area contributed by atoms with Gasteiger partial charge >= 0.3 is 0 Å². The van der Waals surface area contributed by atoms with E-state index in [1.54, 1.807) is 6.07 Å². The molecule has 0 amide bonds. The van der Waals surface area contributed by atoms with Gasteiger partial charge in [0.15, 0.2) is 11.6 Å². The van der Waals surface area contributed by atoms with Crippen LogP contribution in [-0.2, 0) is 17.8 Å². The highest BCUT2D eigenvalue weighted by molar-refractivity contribution is 5.81. The van der Waals surface area contributed by atoms with Crippen LogP contribution in [0.4, 0.5) is 4.39 Å². The number of rotatable bonds is 6. The van der Waals surface area contributed by atoms with Crippen LogP contribution in [0.15, 0.2) is 54.6 Å². The van der Waals surface area contributed by atoms with E-state index in [-0.39, 0.29) is 11.9 Å². The van der Waals surface area contributed by atoms with Crippen molar-refractivity contribution in [2.75, 3.05) is 20.7 Å². The quantitative estimate of drug-likeness (QED) is 0.449. The van der Waals surface area contributed by atoms with Crippen LogP contribution in [0.1, 0.15) is 18.4 Å². The smallest absolute Gasteiger partial charge is 0.181 e. The molecular weight excluding hydrogens is 405 g/mol. The van der Waals surface area contributed by atoms with Crippen molar-refractivity contribution in [3.63, 3.8) is 0 Å². The van der Waals surface area contributed by atoms with Crippen molar-refractivity contribution in [2.45, 2.75) is 32.0 Å². The predicted octanol–water partition coefficient (Wildman–Crippen LogP) is 4.54. The fourth-order valence-electron chi connectivity index (χ4n) is 4.11. The van der Waals surface area contributed by atoms with E-state index < -0.39 is 0 Å². The molecule has 0 radical (unpaired) electrons. The lowest BCUT2D eigenvalue weighted by molar-refractivity contribution is 0.0944. The molecule has 1 unspecified atom stereocenters. The number of halogens is 1. The molecule has 0 saturated carbocycles. The maximum atomic E-state index is 13.6. The number of pyridine rings is 1. The van der Waals surface area contributed by atoms with Crippen LogP contribution >= 0.6 is 0 Å². The Balaban J connectivity index is 1.53. The second kappa shape index (κ2) is 8.76. The fourth-order valence-corrected chi connectivity index (χ4v) is 4.11. The van der Waals surface area contributed by atoms with Gasteiger partial charge < -0.3 is 9.64 Å². The summed E-state index contributed by atoms with van der Waals surface area (Å²) in [4.78, 5) is 11.7. The predicted molar refractivity (Wildman–Crippen MR) is 123 cm³/mol. The number of benzene rings is 2. The lowest BCUT2D eigenvalue weighted by Gasteiger charge is -2.11. The first-order chi connectivity index (χ1) is 15.5. The van der Waals surface area contributed by atoms with Gasteiger partial charge in [-0.25, -0.2) is 19.0 Å². The Morgan fingerprint density at radius 3 is 2.66 bits per heavy atom. The maximum absolute atomic E-state index is 13.6. The highest BCUT2D eigenvalue weighted by Gasteiger charge is 2.21. The van der Waals surface area contributed by atoms with Crippen molar-refractivity contribution in [1.29, 1.82) is 0 Å². The van der Waals surface area contributed by atoms with Crippen LogP contribution in [0.5, 0.6) is 0 Å². The van der Waals surface area contributed by atoms with Crippen LogP contribution in [0.25, 0.3) is 33.8 Å². The molecule has 0 spiro atoms. The Morgan fingerprint density at radius 2 is 1.91 bits per heavy atom. The van der Waals surface area contributed by atoms with Gasteiger partial charge in [-0.3, -0.25) is 0 Å². The summed E-state index contributed by atoms with van der Waals surface area (Å²) in [5, 5.41) is 5.58. The van der Waals surface area contributed by atoms with Crippen LogP contribution < -0.4 is 0 Å². The van der Waals surface area contributed by atoms with E-state index in [1.165, 1.54) is 17.7 Å². The van der Waals surface area contributed by atoms with Gasteiger partial charge in [0, 0.05) is 24.1 Å². The third kappa shape index (κ3) is 4.40. The van der Waals surface area contributed by atoms with E-state index in [9.17, 15) is 4.39 Å². The van der Waals surface area contributed by atoms with E-state index in [1.807, 2.05) is 16.8 Å². The van der Waals surface area contributed by atoms with Crippen LogP contribution in [0, 0.1) is 5.82 Å². The fraction of sp³-hybridized carbons (Fsp3) is 0.320. The zero-order valence-corrected chi connectivity index (χ0v) is 18.3. The average molecular weight is 432 g/mol. The lowest BCUT2D eigenvalue weighted by Crippen LogP contribution is -2.17. The number of fused-ring (bicyclic) bond motifs is 1. The van der Waals surface area contributed by atoms with E-state index in [0.717, 1.165) is 42.5 Å². The van der Waals surface area contributed by atoms with Crippen molar-refractivity contribution in [1.82, 2.24) is 24.6 Å². The first-order valence-corrected chi connectivity index (χ1v) is 10.9. The SMILES string of the molecule is CN(C)Cc1ccc(-c2nc(-c3ccc4cc(F)ccc4n3)n(CC3CCCO3)n2)cc1. The molecule has 1 fully saturated rings. The molecule has 2 aromatic heterocycles. The van der Waals surface area contributed by atoms with E-state index >= 15 is 0 Å². The molecule has 5 rings (SSSR count). The molecular formula is C25H26FN5O. The molecule has 164 valence electrons. The van der Waals surface area contributed by atoms with Crippen molar-refractivity contribution >= 4 is 10.9 Å². The average Bonchev–Trinajstić information content (AvgIpc) is 3.44. The van der Waals surface area contributed by atoms with E-state index in [4.69, 9.17) is 19.8 Å². The third-order valence-corrected chi connectivity index (χ3v) is 5.66. The third-order valence-electron chi connectivity index (χ3n) is 5.66. The Bertz CT molecular complexity index is 1230. The second-order valence-corrected chi connectivity index (χ2v) is 8.54. The minimum absolute atomic E-state index is 0.125. The summed E-state index contributed by atoms with van der Waals surface area (Å²) < 4.78 is 21.3. The van der Waals surface area contributed by atoms with Crippen molar-refractivity contribution in [2.24, 2.45) is 0 Å². The molecule has 1 aliphatic rings. The molecule has 1 aliphatic heterocycles. The van der Waals surface area contributed by atoms with Gasteiger partial charge in [0.25, 0.3) is 0 Å². The van der Waals surface area contributed by atoms with Crippen LogP contribution in [0.3, 0.4) is 0 Å². The minimum Gasteiger partial charge on any atom is -0.376 e. The Labute approximate surface area is 186 Å². The maximum Gasteiger partial charge on any atom is 0.181 e. The number of ether oxygens (including phenoxy) is 1. The summed E-state index contributed by atoms with van der Waals surface area (Å²) in [7, 11) is 4.11. The summed E-state index contributed by atoms with van der Waals surface area (Å²) in [6.45, 7) is 2.30. The van der Waals surface area contributed by atoms with Gasteiger partial charge in [-0.05, 0) is 56.8 Å². The molecule has 7 heteroatoms. The summed E-state index contributed by atoms with van der Waals surface area (Å²) in [5.74, 6) is 1.09. The van der Waals surface area contributed by atoms with Gasteiger partial charge in [0.1, 0.15) is 11.5 Å². The zero-order valence-electron chi connectivity index (χ0n) is 18.3. The highest BCUT2D eigenvalue weighted by Crippen LogP contribution is 2.26. The number of aromatic nitrogens is 4. The van der Waals surface area contributed by atoms with Gasteiger partial charge in [-0.1, -0.05) is 30.3 Å². The van der Waals surface area contributed by atoms with E-state index in [0.29, 0.717) is 23.9 Å². The molecule has 0 bridgehead atoms. The lowest BCUT2D eigenvalue weighted by atomic mass is 10.1. The zero-order chi connectivity index (χ0) is 22.1. The summed E-state index contributed by atoms with van der Waals surface area (Å²) in [6.07, 6.45) is 2.20. The molecule has 32 heavy (non-hydrogen) atoms.